The van der Waals surface area contributed by atoms with Crippen molar-refractivity contribution >= 4 is 34.0 Å². The Bertz CT molecular complexity index is 510. The molecule has 0 saturated heterocycles. The maximum Gasteiger partial charge on any atom is 0.435 e. The number of nitrogens with one attached hydrogen (secondary N) is 1. The fraction of sp³-hybridized carbons (Fsp3) is 0.400. The number of nitrogens with zero attached hydrogens (tertiary/aromatic N) is 1. The van der Waals surface area contributed by atoms with Gasteiger partial charge in [0.25, 0.3) is 5.91 Å². The van der Waals surface area contributed by atoms with Crippen molar-refractivity contribution in [2.45, 2.75) is 25.4 Å². The van der Waals surface area contributed by atoms with Crippen LogP contribution in [0, 0.1) is 0 Å². The third-order valence-electron chi connectivity index (χ3n) is 2.41. The van der Waals surface area contributed by atoms with Gasteiger partial charge in [-0.2, -0.15) is 13.2 Å². The minimum absolute atomic E-state index is 0.134. The molecule has 1 aliphatic carbocycles. The molecule has 1 N–H and O–H groups in total. The molecule has 0 bridgehead atoms. The van der Waals surface area contributed by atoms with E-state index < -0.39 is 22.1 Å². The third-order valence-corrected chi connectivity index (χ3v) is 3.58. The molecule has 1 amide bonds. The second-order valence-electron chi connectivity index (χ2n) is 3.71. The maximum absolute atomic E-state index is 12.4. The number of carbonyl (C=O) groups excluding carboxylic acids is 1. The highest BCUT2D eigenvalue weighted by atomic mass is 35.5. The lowest BCUT2D eigenvalue weighted by Crippen LogP contribution is -2.13. The standard InChI is InChI=1S/C10H8ClF3N2OS/c11-7-6(10(12,13)14)15-9(18-7)16-8(17)5-3-1-2-4-5/h3H,1-2,4H2,(H,15,16,17). The van der Waals surface area contributed by atoms with Gasteiger partial charge in [0.1, 0.15) is 4.34 Å². The van der Waals surface area contributed by atoms with Crippen LogP contribution < -0.4 is 5.32 Å². The fourth-order valence-corrected chi connectivity index (χ4v) is 2.66. The zero-order chi connectivity index (χ0) is 13.3. The first-order chi connectivity index (χ1) is 8.38. The molecule has 0 atom stereocenters. The minimum atomic E-state index is -4.61. The van der Waals surface area contributed by atoms with Crippen LogP contribution in [0.1, 0.15) is 25.0 Å². The Kier molecular flexibility index (Phi) is 3.63. The van der Waals surface area contributed by atoms with Crippen LogP contribution in [0.5, 0.6) is 0 Å². The molecule has 0 aliphatic heterocycles. The van der Waals surface area contributed by atoms with Gasteiger partial charge in [-0.05, 0) is 19.3 Å². The van der Waals surface area contributed by atoms with E-state index >= 15 is 0 Å². The predicted octanol–water partition coefficient (Wildman–Crippen LogP) is 3.86. The molecule has 1 heterocycles. The van der Waals surface area contributed by atoms with Crippen LogP contribution in [0.15, 0.2) is 11.6 Å². The van der Waals surface area contributed by atoms with Gasteiger partial charge in [-0.15, -0.1) is 0 Å². The van der Waals surface area contributed by atoms with Gasteiger partial charge in [0.05, 0.1) is 0 Å². The Morgan fingerprint density at radius 2 is 2.22 bits per heavy atom. The van der Waals surface area contributed by atoms with Crippen LogP contribution in [-0.2, 0) is 11.0 Å². The molecule has 0 aromatic carbocycles. The van der Waals surface area contributed by atoms with Gasteiger partial charge in [-0.3, -0.25) is 10.1 Å². The average molecular weight is 297 g/mol. The number of hydrogen-bond acceptors (Lipinski definition) is 3. The summed E-state index contributed by atoms with van der Waals surface area (Å²) in [4.78, 5) is 14.9. The van der Waals surface area contributed by atoms with Gasteiger partial charge < -0.3 is 0 Å². The first-order valence-corrected chi connectivity index (χ1v) is 6.31. The van der Waals surface area contributed by atoms with Crippen molar-refractivity contribution in [2.75, 3.05) is 5.32 Å². The molecule has 98 valence electrons. The predicted molar refractivity (Wildman–Crippen MR) is 62.7 cm³/mol. The van der Waals surface area contributed by atoms with Crippen LogP contribution >= 0.6 is 22.9 Å². The topological polar surface area (TPSA) is 42.0 Å². The number of allylic oxidation sites excluding steroid dienone is 1. The van der Waals surface area contributed by atoms with E-state index in [2.05, 4.69) is 10.3 Å². The molecule has 3 nitrogen and oxygen atoms in total. The summed E-state index contributed by atoms with van der Waals surface area (Å²) in [5.74, 6) is -0.411. The lowest BCUT2D eigenvalue weighted by molar-refractivity contribution is -0.140. The van der Waals surface area contributed by atoms with Crippen LogP contribution in [0.2, 0.25) is 4.34 Å². The number of hydrogen-bond donors (Lipinski definition) is 1. The number of amides is 1. The van der Waals surface area contributed by atoms with Crippen molar-refractivity contribution in [3.63, 3.8) is 0 Å². The summed E-state index contributed by atoms with van der Waals surface area (Å²) in [6, 6.07) is 0. The molecule has 2 rings (SSSR count). The van der Waals surface area contributed by atoms with E-state index in [-0.39, 0.29) is 5.13 Å². The van der Waals surface area contributed by atoms with Crippen molar-refractivity contribution in [1.29, 1.82) is 0 Å². The summed E-state index contributed by atoms with van der Waals surface area (Å²) in [6.45, 7) is 0. The van der Waals surface area contributed by atoms with Crippen molar-refractivity contribution in [2.24, 2.45) is 0 Å². The fourth-order valence-electron chi connectivity index (χ4n) is 1.58. The van der Waals surface area contributed by atoms with Crippen LogP contribution in [0.3, 0.4) is 0 Å². The number of thiazole rings is 1. The molecule has 0 radical (unpaired) electrons. The maximum atomic E-state index is 12.4. The van der Waals surface area contributed by atoms with E-state index in [4.69, 9.17) is 11.6 Å². The summed E-state index contributed by atoms with van der Waals surface area (Å²) in [7, 11) is 0. The number of alkyl halides is 3. The van der Waals surface area contributed by atoms with Gasteiger partial charge >= 0.3 is 6.18 Å². The normalized spacial score (nSPS) is 15.7. The van der Waals surface area contributed by atoms with Gasteiger partial charge in [0, 0.05) is 5.57 Å². The summed E-state index contributed by atoms with van der Waals surface area (Å²) < 4.78 is 36.8. The third kappa shape index (κ3) is 2.84. The zero-order valence-corrected chi connectivity index (χ0v) is 10.5. The Morgan fingerprint density at radius 1 is 1.50 bits per heavy atom. The van der Waals surface area contributed by atoms with Crippen molar-refractivity contribution < 1.29 is 18.0 Å². The SMILES string of the molecule is O=C(Nc1nc(C(F)(F)F)c(Cl)s1)C1=CCCC1. The zero-order valence-electron chi connectivity index (χ0n) is 8.97. The monoisotopic (exact) mass is 296 g/mol. The second kappa shape index (κ2) is 4.89. The molecule has 1 aromatic rings. The summed E-state index contributed by atoms with van der Waals surface area (Å²) in [5, 5.41) is 2.20. The molecule has 0 fully saturated rings. The first kappa shape index (κ1) is 13.4. The van der Waals surface area contributed by atoms with E-state index in [1.54, 1.807) is 6.08 Å². The van der Waals surface area contributed by atoms with Gasteiger partial charge in [0.2, 0.25) is 0 Å². The highest BCUT2D eigenvalue weighted by Crippen LogP contribution is 2.39. The first-order valence-electron chi connectivity index (χ1n) is 5.12. The van der Waals surface area contributed by atoms with Gasteiger partial charge in [-0.1, -0.05) is 29.0 Å². The largest absolute Gasteiger partial charge is 0.435 e. The minimum Gasteiger partial charge on any atom is -0.298 e. The van der Waals surface area contributed by atoms with Crippen LogP contribution in [0.4, 0.5) is 18.3 Å². The molecule has 8 heteroatoms. The Labute approximate surface area is 110 Å². The molecule has 1 aromatic heterocycles. The van der Waals surface area contributed by atoms with Crippen LogP contribution in [0.25, 0.3) is 0 Å². The molecule has 0 unspecified atom stereocenters. The van der Waals surface area contributed by atoms with Crippen molar-refractivity contribution in [3.8, 4) is 0 Å². The lowest BCUT2D eigenvalue weighted by atomic mass is 10.2. The molecule has 0 saturated carbocycles. The Balaban J connectivity index is 2.13. The number of rotatable bonds is 2. The summed E-state index contributed by atoms with van der Waals surface area (Å²) in [6.07, 6.45) is -0.500. The molecule has 18 heavy (non-hydrogen) atoms. The Hall–Kier alpha value is -1.08. The average Bonchev–Trinajstić information content (AvgIpc) is 2.85. The van der Waals surface area contributed by atoms with E-state index in [0.717, 1.165) is 12.8 Å². The Morgan fingerprint density at radius 3 is 2.72 bits per heavy atom. The van der Waals surface area contributed by atoms with Gasteiger partial charge in [-0.25, -0.2) is 4.98 Å². The second-order valence-corrected chi connectivity index (χ2v) is 5.32. The van der Waals surface area contributed by atoms with Crippen LogP contribution in [-0.4, -0.2) is 10.9 Å². The molecule has 0 spiro atoms. The molecule has 1 aliphatic rings. The number of aromatic nitrogens is 1. The highest BCUT2D eigenvalue weighted by Gasteiger charge is 2.37. The number of anilines is 1. The lowest BCUT2D eigenvalue weighted by Gasteiger charge is -2.02. The van der Waals surface area contributed by atoms with E-state index in [1.807, 2.05) is 0 Å². The highest BCUT2D eigenvalue weighted by molar-refractivity contribution is 7.19. The number of halogens is 4. The molecular formula is C10H8ClF3N2OS. The van der Waals surface area contributed by atoms with E-state index in [1.165, 1.54) is 0 Å². The summed E-state index contributed by atoms with van der Waals surface area (Å²) in [5.41, 5.74) is -0.584. The van der Waals surface area contributed by atoms with Gasteiger partial charge in [0.15, 0.2) is 10.8 Å². The van der Waals surface area contributed by atoms with Crippen molar-refractivity contribution in [3.05, 3.63) is 21.7 Å². The van der Waals surface area contributed by atoms with E-state index in [9.17, 15) is 18.0 Å². The smallest absolute Gasteiger partial charge is 0.298 e. The molecular weight excluding hydrogens is 289 g/mol. The quantitative estimate of drug-likeness (QED) is 0.900. The number of carbonyl (C=O) groups is 1. The van der Waals surface area contributed by atoms with Crippen molar-refractivity contribution in [1.82, 2.24) is 4.98 Å². The van der Waals surface area contributed by atoms with E-state index in [0.29, 0.717) is 23.3 Å². The summed E-state index contributed by atoms with van der Waals surface area (Å²) >= 11 is 6.05.